The third kappa shape index (κ3) is 4.10. The molecule has 2 rings (SSSR count). The molecule has 0 aromatic carbocycles. The van der Waals surface area contributed by atoms with Crippen LogP contribution >= 0.6 is 12.4 Å². The minimum absolute atomic E-state index is 0. The van der Waals surface area contributed by atoms with E-state index in [1.165, 1.54) is 5.57 Å². The summed E-state index contributed by atoms with van der Waals surface area (Å²) in [6.07, 6.45) is 4.87. The number of nitrogens with zero attached hydrogens (tertiary/aromatic N) is 1. The van der Waals surface area contributed by atoms with Crippen molar-refractivity contribution in [3.05, 3.63) is 35.5 Å². The first kappa shape index (κ1) is 13.6. The van der Waals surface area contributed by atoms with E-state index < -0.39 is 0 Å². The van der Waals surface area contributed by atoms with Gasteiger partial charge in [-0.1, -0.05) is 17.9 Å². The van der Waals surface area contributed by atoms with E-state index in [4.69, 9.17) is 4.74 Å². The van der Waals surface area contributed by atoms with Crippen LogP contribution in [-0.4, -0.2) is 25.2 Å². The summed E-state index contributed by atoms with van der Waals surface area (Å²) in [6, 6.07) is 3.74. The van der Waals surface area contributed by atoms with Crippen molar-refractivity contribution in [2.45, 2.75) is 6.42 Å². The molecular weight excluding hydrogens is 236 g/mol. The zero-order valence-electron chi connectivity index (χ0n) is 9.69. The highest BCUT2D eigenvalue weighted by Crippen LogP contribution is 2.06. The number of ether oxygens (including phenoxy) is 1. The number of nitrogens with one attached hydrogen (secondary N) is 1. The van der Waals surface area contributed by atoms with Crippen molar-refractivity contribution in [2.75, 3.05) is 20.2 Å². The van der Waals surface area contributed by atoms with Gasteiger partial charge in [-0.3, -0.25) is 0 Å². The minimum atomic E-state index is 0. The van der Waals surface area contributed by atoms with E-state index in [0.29, 0.717) is 5.88 Å². The van der Waals surface area contributed by atoms with Gasteiger partial charge in [-0.05, 0) is 12.5 Å². The Hall–Kier alpha value is -1.50. The Kier molecular flexibility index (Phi) is 5.55. The van der Waals surface area contributed by atoms with Gasteiger partial charge >= 0.3 is 0 Å². The van der Waals surface area contributed by atoms with Crippen molar-refractivity contribution in [3.8, 4) is 17.7 Å². The summed E-state index contributed by atoms with van der Waals surface area (Å²) < 4.78 is 4.98. The topological polar surface area (TPSA) is 34.1 Å². The number of aromatic nitrogens is 1. The Bertz CT molecular complexity index is 443. The highest BCUT2D eigenvalue weighted by molar-refractivity contribution is 5.85. The lowest BCUT2D eigenvalue weighted by Gasteiger charge is -2.07. The van der Waals surface area contributed by atoms with Crippen LogP contribution in [0.4, 0.5) is 0 Å². The van der Waals surface area contributed by atoms with E-state index in [0.717, 1.165) is 25.1 Å². The largest absolute Gasteiger partial charge is 0.481 e. The van der Waals surface area contributed by atoms with Crippen molar-refractivity contribution in [1.29, 1.82) is 0 Å². The second-order valence-electron chi connectivity index (χ2n) is 3.52. The molecule has 0 atom stereocenters. The van der Waals surface area contributed by atoms with Crippen LogP contribution in [0, 0.1) is 11.8 Å². The van der Waals surface area contributed by atoms with Crippen LogP contribution in [0.25, 0.3) is 0 Å². The fourth-order valence-corrected chi connectivity index (χ4v) is 1.46. The van der Waals surface area contributed by atoms with Crippen LogP contribution in [0.3, 0.4) is 0 Å². The number of halogens is 1. The van der Waals surface area contributed by atoms with E-state index in [-0.39, 0.29) is 12.4 Å². The molecule has 0 spiro atoms. The summed E-state index contributed by atoms with van der Waals surface area (Å²) in [6.45, 7) is 1.94. The van der Waals surface area contributed by atoms with E-state index in [1.807, 2.05) is 12.1 Å². The predicted octanol–water partition coefficient (Wildman–Crippen LogP) is 1.78. The molecule has 0 saturated heterocycles. The number of hydrogen-bond donors (Lipinski definition) is 1. The molecule has 4 heteroatoms. The normalized spacial score (nSPS) is 13.8. The van der Waals surface area contributed by atoms with Crippen molar-refractivity contribution in [2.24, 2.45) is 0 Å². The van der Waals surface area contributed by atoms with Gasteiger partial charge in [0.2, 0.25) is 5.88 Å². The molecule has 1 aliphatic heterocycles. The van der Waals surface area contributed by atoms with Crippen LogP contribution in [0.5, 0.6) is 5.88 Å². The molecule has 2 heterocycles. The molecule has 0 unspecified atom stereocenters. The van der Waals surface area contributed by atoms with E-state index in [1.54, 1.807) is 13.3 Å². The summed E-state index contributed by atoms with van der Waals surface area (Å²) in [5, 5.41) is 3.25. The lowest BCUT2D eigenvalue weighted by atomic mass is 10.1. The Morgan fingerprint density at radius 1 is 1.35 bits per heavy atom. The van der Waals surface area contributed by atoms with Crippen LogP contribution in [0.2, 0.25) is 0 Å². The monoisotopic (exact) mass is 250 g/mol. The van der Waals surface area contributed by atoms with Crippen molar-refractivity contribution in [1.82, 2.24) is 10.3 Å². The second kappa shape index (κ2) is 6.95. The first-order chi connectivity index (χ1) is 7.88. The maximum Gasteiger partial charge on any atom is 0.212 e. The van der Waals surface area contributed by atoms with Crippen molar-refractivity contribution in [3.63, 3.8) is 0 Å². The Morgan fingerprint density at radius 3 is 2.82 bits per heavy atom. The molecule has 0 aliphatic carbocycles. The maximum absolute atomic E-state index is 4.98. The number of rotatable bonds is 1. The highest BCUT2D eigenvalue weighted by Gasteiger charge is 1.98. The summed E-state index contributed by atoms with van der Waals surface area (Å²) in [5.74, 6) is 6.88. The van der Waals surface area contributed by atoms with Crippen LogP contribution in [0.15, 0.2) is 30.0 Å². The van der Waals surface area contributed by atoms with Gasteiger partial charge in [-0.25, -0.2) is 4.98 Å². The van der Waals surface area contributed by atoms with Gasteiger partial charge in [0, 0.05) is 36.5 Å². The zero-order chi connectivity index (χ0) is 11.2. The molecule has 0 bridgehead atoms. The van der Waals surface area contributed by atoms with Gasteiger partial charge in [-0.15, -0.1) is 12.4 Å². The fourth-order valence-electron chi connectivity index (χ4n) is 1.46. The molecule has 3 nitrogen and oxygen atoms in total. The molecule has 1 aliphatic rings. The molecule has 0 radical (unpaired) electrons. The standard InChI is InChI=1S/C13H14N2O.ClH/c1-16-13-5-4-12(10-15-13)3-2-11-6-8-14-9-7-11;/h4-6,10,14H,7-9H2,1H3;1H. The minimum Gasteiger partial charge on any atom is -0.481 e. The van der Waals surface area contributed by atoms with E-state index in [9.17, 15) is 0 Å². The predicted molar refractivity (Wildman–Crippen MR) is 70.5 cm³/mol. The zero-order valence-corrected chi connectivity index (χ0v) is 10.5. The molecule has 1 N–H and O–H groups in total. The first-order valence-electron chi connectivity index (χ1n) is 5.30. The van der Waals surface area contributed by atoms with Gasteiger partial charge < -0.3 is 10.1 Å². The van der Waals surface area contributed by atoms with Gasteiger partial charge in [0.15, 0.2) is 0 Å². The van der Waals surface area contributed by atoms with Crippen molar-refractivity contribution < 1.29 is 4.74 Å². The summed E-state index contributed by atoms with van der Waals surface area (Å²) in [5.41, 5.74) is 2.12. The van der Waals surface area contributed by atoms with Crippen LogP contribution < -0.4 is 10.1 Å². The lowest BCUT2D eigenvalue weighted by molar-refractivity contribution is 0.398. The van der Waals surface area contributed by atoms with Crippen molar-refractivity contribution >= 4 is 12.4 Å². The molecule has 1 aromatic heterocycles. The molecular formula is C13H15ClN2O. The van der Waals surface area contributed by atoms with Crippen LogP contribution in [0.1, 0.15) is 12.0 Å². The Balaban J connectivity index is 0.00000144. The maximum atomic E-state index is 4.98. The third-order valence-corrected chi connectivity index (χ3v) is 2.38. The average molecular weight is 251 g/mol. The van der Waals surface area contributed by atoms with Gasteiger partial charge in [-0.2, -0.15) is 0 Å². The molecule has 17 heavy (non-hydrogen) atoms. The number of methoxy groups -OCH3 is 1. The second-order valence-corrected chi connectivity index (χ2v) is 3.52. The Morgan fingerprint density at radius 2 is 2.24 bits per heavy atom. The molecule has 90 valence electrons. The molecule has 0 amide bonds. The Labute approximate surface area is 108 Å². The first-order valence-corrected chi connectivity index (χ1v) is 5.30. The van der Waals surface area contributed by atoms with Gasteiger partial charge in [0.05, 0.1) is 7.11 Å². The van der Waals surface area contributed by atoms with E-state index >= 15 is 0 Å². The highest BCUT2D eigenvalue weighted by atomic mass is 35.5. The smallest absolute Gasteiger partial charge is 0.212 e. The van der Waals surface area contributed by atoms with E-state index in [2.05, 4.69) is 28.2 Å². The lowest BCUT2D eigenvalue weighted by Crippen LogP contribution is -2.19. The summed E-state index contributed by atoms with van der Waals surface area (Å²) in [4.78, 5) is 4.10. The summed E-state index contributed by atoms with van der Waals surface area (Å²) >= 11 is 0. The summed E-state index contributed by atoms with van der Waals surface area (Å²) in [7, 11) is 1.60. The quantitative estimate of drug-likeness (QED) is 0.772. The molecule has 0 fully saturated rings. The number of hydrogen-bond acceptors (Lipinski definition) is 3. The molecule has 1 aromatic rings. The van der Waals surface area contributed by atoms with Crippen LogP contribution in [-0.2, 0) is 0 Å². The third-order valence-electron chi connectivity index (χ3n) is 2.38. The average Bonchev–Trinajstić information content (AvgIpc) is 2.38. The van der Waals surface area contributed by atoms with Gasteiger partial charge in [0.25, 0.3) is 0 Å². The fraction of sp³-hybridized carbons (Fsp3) is 0.308. The molecule has 0 saturated carbocycles. The number of pyridine rings is 1. The SMILES string of the molecule is COc1ccc(C#CC2=CCNCC2)cn1.Cl. The van der Waals surface area contributed by atoms with Gasteiger partial charge in [0.1, 0.15) is 0 Å².